The second-order valence-electron chi connectivity index (χ2n) is 6.10. The lowest BCUT2D eigenvalue weighted by molar-refractivity contribution is 0.743. The Morgan fingerprint density at radius 2 is 1.55 bits per heavy atom. The second kappa shape index (κ2) is 5.48. The Morgan fingerprint density at radius 1 is 0.909 bits per heavy atom. The van der Waals surface area contributed by atoms with Crippen LogP contribution in [-0.2, 0) is 0 Å². The van der Waals surface area contributed by atoms with Gasteiger partial charge in [0.1, 0.15) is 6.17 Å². The molecule has 114 valence electrons. The molecule has 1 aromatic carbocycles. The van der Waals surface area contributed by atoms with Gasteiger partial charge >= 0.3 is 0 Å². The van der Waals surface area contributed by atoms with Crippen molar-refractivity contribution in [1.82, 2.24) is 4.98 Å². The molecule has 2 aromatic rings. The summed E-state index contributed by atoms with van der Waals surface area (Å²) in [4.78, 5) is 9.08. The molecule has 0 unspecified atom stereocenters. The monoisotopic (exact) mass is 293 g/mol. The number of aromatic nitrogens is 1. The van der Waals surface area contributed by atoms with Crippen LogP contribution < -0.4 is 9.80 Å². The smallest absolute Gasteiger partial charge is 0.107 e. The van der Waals surface area contributed by atoms with Gasteiger partial charge in [-0.2, -0.15) is 0 Å². The Hall–Kier alpha value is -2.29. The van der Waals surface area contributed by atoms with E-state index in [4.69, 9.17) is 0 Å². The normalized spacial score (nSPS) is 17.4. The molecule has 0 saturated heterocycles. The molecule has 0 aliphatic carbocycles. The van der Waals surface area contributed by atoms with Crippen LogP contribution in [0.2, 0.25) is 0 Å². The molecule has 22 heavy (non-hydrogen) atoms. The van der Waals surface area contributed by atoms with Crippen LogP contribution in [0.1, 0.15) is 29.3 Å². The van der Waals surface area contributed by atoms with Crippen molar-refractivity contribution >= 4 is 11.4 Å². The molecule has 3 heteroatoms. The van der Waals surface area contributed by atoms with Gasteiger partial charge in [0.05, 0.1) is 11.9 Å². The van der Waals surface area contributed by atoms with Gasteiger partial charge in [0.15, 0.2) is 0 Å². The zero-order valence-electron chi connectivity index (χ0n) is 14.0. The standard InChI is InChI=1S/C19H23N3/c1-13-7-6-8-14(2)19(13)22-10-9-21(17(22)5)18-12-20-16(4)11-15(18)3/h6-12,17H,1-5H3/t17-/m0/s1. The largest absolute Gasteiger partial charge is 0.325 e. The van der Waals surface area contributed by atoms with Crippen LogP contribution in [0.15, 0.2) is 42.9 Å². The average molecular weight is 293 g/mol. The highest BCUT2D eigenvalue weighted by Gasteiger charge is 2.27. The van der Waals surface area contributed by atoms with Gasteiger partial charge in [-0.15, -0.1) is 0 Å². The lowest BCUT2D eigenvalue weighted by Crippen LogP contribution is -2.37. The predicted molar refractivity (Wildman–Crippen MR) is 93.2 cm³/mol. The number of rotatable bonds is 2. The van der Waals surface area contributed by atoms with E-state index >= 15 is 0 Å². The fourth-order valence-corrected chi connectivity index (χ4v) is 3.24. The first-order valence-corrected chi connectivity index (χ1v) is 7.73. The Kier molecular flexibility index (Phi) is 3.65. The molecular formula is C19H23N3. The van der Waals surface area contributed by atoms with Gasteiger partial charge in [-0.25, -0.2) is 0 Å². The van der Waals surface area contributed by atoms with Crippen molar-refractivity contribution in [3.8, 4) is 0 Å². The lowest BCUT2D eigenvalue weighted by atomic mass is 10.1. The first-order valence-electron chi connectivity index (χ1n) is 7.73. The summed E-state index contributed by atoms with van der Waals surface area (Å²) in [5, 5.41) is 0. The maximum Gasteiger partial charge on any atom is 0.107 e. The quantitative estimate of drug-likeness (QED) is 0.815. The highest BCUT2D eigenvalue weighted by atomic mass is 15.4. The number of anilines is 2. The molecule has 0 fully saturated rings. The predicted octanol–water partition coefficient (Wildman–Crippen LogP) is 4.46. The van der Waals surface area contributed by atoms with Crippen LogP contribution in [-0.4, -0.2) is 11.1 Å². The van der Waals surface area contributed by atoms with Crippen LogP contribution in [0.5, 0.6) is 0 Å². The fraction of sp³-hybridized carbons (Fsp3) is 0.316. The van der Waals surface area contributed by atoms with E-state index in [9.17, 15) is 0 Å². The number of benzene rings is 1. The molecule has 3 rings (SSSR count). The third kappa shape index (κ3) is 2.37. The number of para-hydroxylation sites is 1. The molecule has 0 radical (unpaired) electrons. The van der Waals surface area contributed by atoms with Crippen LogP contribution >= 0.6 is 0 Å². The van der Waals surface area contributed by atoms with Crippen LogP contribution in [0.3, 0.4) is 0 Å². The van der Waals surface area contributed by atoms with Crippen molar-refractivity contribution in [1.29, 1.82) is 0 Å². The highest BCUT2D eigenvalue weighted by Crippen LogP contribution is 2.34. The molecule has 1 aliphatic rings. The van der Waals surface area contributed by atoms with Gasteiger partial charge < -0.3 is 9.80 Å². The van der Waals surface area contributed by atoms with Gasteiger partial charge in [0.2, 0.25) is 0 Å². The molecule has 1 atom stereocenters. The van der Waals surface area contributed by atoms with E-state index in [1.54, 1.807) is 0 Å². The first-order chi connectivity index (χ1) is 10.5. The molecule has 0 amide bonds. The molecule has 0 spiro atoms. The van der Waals surface area contributed by atoms with Crippen molar-refractivity contribution in [2.45, 2.75) is 40.8 Å². The topological polar surface area (TPSA) is 19.4 Å². The molecular weight excluding hydrogens is 270 g/mol. The van der Waals surface area contributed by atoms with Crippen molar-refractivity contribution < 1.29 is 0 Å². The highest BCUT2D eigenvalue weighted by molar-refractivity contribution is 5.67. The van der Waals surface area contributed by atoms with Crippen molar-refractivity contribution in [2.24, 2.45) is 0 Å². The maximum absolute atomic E-state index is 4.46. The van der Waals surface area contributed by atoms with Crippen LogP contribution in [0.25, 0.3) is 0 Å². The van der Waals surface area contributed by atoms with E-state index in [0.717, 1.165) is 5.69 Å². The fourth-order valence-electron chi connectivity index (χ4n) is 3.24. The third-order valence-electron chi connectivity index (χ3n) is 4.39. The first kappa shape index (κ1) is 14.6. The van der Waals surface area contributed by atoms with Gasteiger partial charge in [0, 0.05) is 23.8 Å². The number of nitrogens with zero attached hydrogens (tertiary/aromatic N) is 3. The Balaban J connectivity index is 1.96. The van der Waals surface area contributed by atoms with Gasteiger partial charge in [0.25, 0.3) is 0 Å². The zero-order valence-corrected chi connectivity index (χ0v) is 14.0. The van der Waals surface area contributed by atoms with Gasteiger partial charge in [-0.1, -0.05) is 18.2 Å². The number of aryl methyl sites for hydroxylation is 4. The summed E-state index contributed by atoms with van der Waals surface area (Å²) in [6.45, 7) is 10.7. The van der Waals surface area contributed by atoms with Crippen molar-refractivity contribution in [3.63, 3.8) is 0 Å². The number of hydrogen-bond acceptors (Lipinski definition) is 3. The second-order valence-corrected chi connectivity index (χ2v) is 6.10. The van der Waals surface area contributed by atoms with Crippen molar-refractivity contribution in [3.05, 3.63) is 65.2 Å². The molecule has 3 nitrogen and oxygen atoms in total. The molecule has 0 bridgehead atoms. The minimum atomic E-state index is 0.239. The minimum Gasteiger partial charge on any atom is -0.325 e. The van der Waals surface area contributed by atoms with E-state index in [1.807, 2.05) is 13.1 Å². The Bertz CT molecular complexity index is 713. The third-order valence-corrected chi connectivity index (χ3v) is 4.39. The average Bonchev–Trinajstić information content (AvgIpc) is 2.81. The van der Waals surface area contributed by atoms with E-state index in [-0.39, 0.29) is 6.17 Å². The van der Waals surface area contributed by atoms with E-state index in [1.165, 1.54) is 28.1 Å². The summed E-state index contributed by atoms with van der Waals surface area (Å²) >= 11 is 0. The van der Waals surface area contributed by atoms with E-state index in [0.29, 0.717) is 0 Å². The summed E-state index contributed by atoms with van der Waals surface area (Å²) in [7, 11) is 0. The van der Waals surface area contributed by atoms with E-state index < -0.39 is 0 Å². The minimum absolute atomic E-state index is 0.239. The Morgan fingerprint density at radius 3 is 2.18 bits per heavy atom. The molecule has 2 heterocycles. The summed E-state index contributed by atoms with van der Waals surface area (Å²) in [6, 6.07) is 8.59. The molecule has 1 aromatic heterocycles. The Labute approximate surface area is 132 Å². The molecule has 0 N–H and O–H groups in total. The van der Waals surface area contributed by atoms with E-state index in [2.05, 4.69) is 79.1 Å². The summed E-state index contributed by atoms with van der Waals surface area (Å²) in [5.74, 6) is 0. The van der Waals surface area contributed by atoms with Gasteiger partial charge in [-0.05, 0) is 57.4 Å². The van der Waals surface area contributed by atoms with Crippen LogP contribution in [0, 0.1) is 27.7 Å². The van der Waals surface area contributed by atoms with Gasteiger partial charge in [-0.3, -0.25) is 4.98 Å². The zero-order chi connectivity index (χ0) is 15.9. The summed E-state index contributed by atoms with van der Waals surface area (Å²) in [5.41, 5.74) is 7.39. The number of pyridine rings is 1. The number of hydrogen-bond donors (Lipinski definition) is 0. The van der Waals surface area contributed by atoms with Crippen molar-refractivity contribution in [2.75, 3.05) is 9.80 Å². The van der Waals surface area contributed by atoms with Crippen LogP contribution in [0.4, 0.5) is 11.4 Å². The maximum atomic E-state index is 4.46. The molecule has 0 saturated carbocycles. The molecule has 1 aliphatic heterocycles. The lowest BCUT2D eigenvalue weighted by Gasteiger charge is -2.32. The summed E-state index contributed by atoms with van der Waals surface area (Å²) in [6.07, 6.45) is 6.53. The summed E-state index contributed by atoms with van der Waals surface area (Å²) < 4.78 is 0. The SMILES string of the molecule is Cc1cc(C)c(N2C=CN(c3c(C)cccc3C)[C@H]2C)cn1.